The summed E-state index contributed by atoms with van der Waals surface area (Å²) in [4.78, 5) is 0. The zero-order valence-electron chi connectivity index (χ0n) is 7.09. The van der Waals surface area contributed by atoms with E-state index in [1.165, 1.54) is 19.3 Å². The Morgan fingerprint density at radius 2 is 2.27 bits per heavy atom. The van der Waals surface area contributed by atoms with E-state index in [0.717, 1.165) is 25.6 Å². The van der Waals surface area contributed by atoms with Crippen molar-refractivity contribution in [1.82, 2.24) is 0 Å². The normalized spacial score (nSPS) is 29.5. The third-order valence-corrected chi connectivity index (χ3v) is 2.21. The molecule has 0 aromatic rings. The highest BCUT2D eigenvalue weighted by atomic mass is 16.5. The minimum absolute atomic E-state index is 0.109. The van der Waals surface area contributed by atoms with Gasteiger partial charge in [-0.2, -0.15) is 0 Å². The summed E-state index contributed by atoms with van der Waals surface area (Å²) in [6.07, 6.45) is 4.69. The predicted octanol–water partition coefficient (Wildman–Crippen LogP) is 1.35. The van der Waals surface area contributed by atoms with E-state index in [2.05, 4.69) is 6.92 Å². The van der Waals surface area contributed by atoms with E-state index in [0.29, 0.717) is 0 Å². The molecule has 11 heavy (non-hydrogen) atoms. The summed E-state index contributed by atoms with van der Waals surface area (Å²) in [6, 6.07) is 0.109. The van der Waals surface area contributed by atoms with Crippen LogP contribution in [-0.2, 0) is 4.74 Å². The van der Waals surface area contributed by atoms with Gasteiger partial charge in [0.15, 0.2) is 0 Å². The molecule has 1 radical (unpaired) electrons. The van der Waals surface area contributed by atoms with Gasteiger partial charge in [-0.05, 0) is 38.5 Å². The molecule has 0 spiro atoms. The van der Waals surface area contributed by atoms with Crippen LogP contribution in [0.5, 0.6) is 0 Å². The lowest BCUT2D eigenvalue weighted by Gasteiger charge is -2.14. The van der Waals surface area contributed by atoms with Crippen LogP contribution < -0.4 is 5.73 Å². The Kier molecular flexibility index (Phi) is 3.87. The molecule has 0 amide bonds. The molecule has 1 rings (SSSR count). The Balaban J connectivity index is 2.20. The third-order valence-electron chi connectivity index (χ3n) is 2.21. The predicted molar refractivity (Wildman–Crippen MR) is 46.1 cm³/mol. The monoisotopic (exact) mass is 156 g/mol. The molecular formula is C9H18NO. The zero-order chi connectivity index (χ0) is 8.10. The van der Waals surface area contributed by atoms with Crippen molar-refractivity contribution in [2.45, 2.75) is 31.7 Å². The highest BCUT2D eigenvalue weighted by molar-refractivity contribution is 4.71. The van der Waals surface area contributed by atoms with Crippen LogP contribution in [0, 0.1) is 12.8 Å². The average Bonchev–Trinajstić information content (AvgIpc) is 2.14. The molecule has 2 atom stereocenters. The molecule has 1 heterocycles. The van der Waals surface area contributed by atoms with E-state index >= 15 is 0 Å². The van der Waals surface area contributed by atoms with E-state index < -0.39 is 0 Å². The average molecular weight is 156 g/mol. The lowest BCUT2D eigenvalue weighted by atomic mass is 9.94. The summed E-state index contributed by atoms with van der Waals surface area (Å²) >= 11 is 0. The summed E-state index contributed by atoms with van der Waals surface area (Å²) in [7, 11) is 0. The first-order chi connectivity index (χ1) is 5.29. The van der Waals surface area contributed by atoms with Crippen LogP contribution in [0.15, 0.2) is 0 Å². The Morgan fingerprint density at radius 3 is 3.00 bits per heavy atom. The number of hydrogen-bond donors (Lipinski definition) is 1. The maximum Gasteiger partial charge on any atom is 0.0468 e. The fraction of sp³-hybridized carbons (Fsp3) is 0.889. The molecule has 0 aromatic carbocycles. The minimum atomic E-state index is 0.109. The van der Waals surface area contributed by atoms with Gasteiger partial charge < -0.3 is 10.5 Å². The fourth-order valence-electron chi connectivity index (χ4n) is 1.63. The van der Waals surface area contributed by atoms with E-state index in [4.69, 9.17) is 10.5 Å². The topological polar surface area (TPSA) is 35.2 Å². The molecule has 0 aliphatic carbocycles. The summed E-state index contributed by atoms with van der Waals surface area (Å²) in [5, 5.41) is 0. The number of nitrogens with two attached hydrogens (primary N) is 1. The van der Waals surface area contributed by atoms with Crippen LogP contribution >= 0.6 is 0 Å². The smallest absolute Gasteiger partial charge is 0.0468 e. The molecule has 65 valence electrons. The molecule has 0 saturated carbocycles. The second-order valence-corrected chi connectivity index (χ2v) is 3.41. The highest BCUT2D eigenvalue weighted by Gasteiger charge is 2.13. The number of hydrogen-bond acceptors (Lipinski definition) is 2. The lowest BCUT2D eigenvalue weighted by Crippen LogP contribution is -2.20. The quantitative estimate of drug-likeness (QED) is 0.655. The zero-order valence-corrected chi connectivity index (χ0v) is 7.09. The van der Waals surface area contributed by atoms with Crippen LogP contribution in [0.2, 0.25) is 0 Å². The van der Waals surface area contributed by atoms with Crippen molar-refractivity contribution in [3.05, 3.63) is 6.92 Å². The molecular weight excluding hydrogens is 138 g/mol. The molecule has 0 aromatic heterocycles. The first kappa shape index (κ1) is 9.01. The maximum absolute atomic E-state index is 5.62. The molecule has 1 unspecified atom stereocenters. The van der Waals surface area contributed by atoms with Gasteiger partial charge in [0.2, 0.25) is 0 Å². The van der Waals surface area contributed by atoms with Gasteiger partial charge in [0.25, 0.3) is 0 Å². The van der Waals surface area contributed by atoms with Gasteiger partial charge in [0.05, 0.1) is 0 Å². The number of rotatable bonds is 2. The molecule has 2 nitrogen and oxygen atoms in total. The van der Waals surface area contributed by atoms with Crippen molar-refractivity contribution in [2.75, 3.05) is 13.2 Å². The lowest BCUT2D eigenvalue weighted by molar-refractivity contribution is 0.141. The van der Waals surface area contributed by atoms with Gasteiger partial charge in [-0.15, -0.1) is 0 Å². The highest BCUT2D eigenvalue weighted by Crippen LogP contribution is 2.19. The largest absolute Gasteiger partial charge is 0.381 e. The molecule has 0 bridgehead atoms. The Bertz CT molecular complexity index is 95.7. The molecule has 1 saturated heterocycles. The summed E-state index contributed by atoms with van der Waals surface area (Å²) in [6.45, 7) is 5.65. The second kappa shape index (κ2) is 4.73. The first-order valence-corrected chi connectivity index (χ1v) is 4.45. The van der Waals surface area contributed by atoms with Gasteiger partial charge in [0.1, 0.15) is 0 Å². The van der Waals surface area contributed by atoms with Crippen LogP contribution in [0.25, 0.3) is 0 Å². The summed E-state index contributed by atoms with van der Waals surface area (Å²) < 4.78 is 5.35. The van der Waals surface area contributed by atoms with Crippen molar-refractivity contribution in [3.8, 4) is 0 Å². The SMILES string of the molecule is [CH2][C@H](N)CC1CCCOCC1. The third kappa shape index (κ3) is 3.73. The van der Waals surface area contributed by atoms with Crippen molar-refractivity contribution in [2.24, 2.45) is 11.7 Å². The maximum atomic E-state index is 5.62. The van der Waals surface area contributed by atoms with Gasteiger partial charge in [-0.1, -0.05) is 0 Å². The fourth-order valence-corrected chi connectivity index (χ4v) is 1.63. The van der Waals surface area contributed by atoms with E-state index in [1.807, 2.05) is 0 Å². The van der Waals surface area contributed by atoms with E-state index in [1.54, 1.807) is 0 Å². The van der Waals surface area contributed by atoms with Gasteiger partial charge in [-0.25, -0.2) is 0 Å². The van der Waals surface area contributed by atoms with E-state index in [9.17, 15) is 0 Å². The van der Waals surface area contributed by atoms with Crippen LogP contribution in [0.4, 0.5) is 0 Å². The first-order valence-electron chi connectivity index (χ1n) is 4.45. The minimum Gasteiger partial charge on any atom is -0.381 e. The Labute approximate surface area is 69.1 Å². The van der Waals surface area contributed by atoms with Gasteiger partial charge >= 0.3 is 0 Å². The Morgan fingerprint density at radius 1 is 1.45 bits per heavy atom. The molecule has 1 fully saturated rings. The van der Waals surface area contributed by atoms with Crippen molar-refractivity contribution in [3.63, 3.8) is 0 Å². The van der Waals surface area contributed by atoms with Gasteiger partial charge in [-0.3, -0.25) is 0 Å². The second-order valence-electron chi connectivity index (χ2n) is 3.41. The molecule has 2 heteroatoms. The van der Waals surface area contributed by atoms with E-state index in [-0.39, 0.29) is 6.04 Å². The molecule has 1 aliphatic rings. The Hall–Kier alpha value is -0.0800. The van der Waals surface area contributed by atoms with Crippen LogP contribution in [-0.4, -0.2) is 19.3 Å². The van der Waals surface area contributed by atoms with Gasteiger partial charge in [0, 0.05) is 19.3 Å². The van der Waals surface area contributed by atoms with Crippen molar-refractivity contribution in [1.29, 1.82) is 0 Å². The standard InChI is InChI=1S/C9H18NO/c1-8(10)7-9-3-2-5-11-6-4-9/h8-9H,1-7,10H2/t8-,9?/m0/s1. The van der Waals surface area contributed by atoms with Crippen LogP contribution in [0.1, 0.15) is 25.7 Å². The van der Waals surface area contributed by atoms with Crippen molar-refractivity contribution < 1.29 is 4.74 Å². The molecule has 2 N–H and O–H groups in total. The number of ether oxygens (including phenoxy) is 1. The summed E-state index contributed by atoms with van der Waals surface area (Å²) in [5.74, 6) is 0.755. The molecule has 1 aliphatic heterocycles. The van der Waals surface area contributed by atoms with Crippen LogP contribution in [0.3, 0.4) is 0 Å². The summed E-state index contributed by atoms with van der Waals surface area (Å²) in [5.41, 5.74) is 5.62. The van der Waals surface area contributed by atoms with Crippen molar-refractivity contribution >= 4 is 0 Å².